The van der Waals surface area contributed by atoms with Crippen LogP contribution in [-0.4, -0.2) is 25.6 Å². The Morgan fingerprint density at radius 2 is 2.20 bits per heavy atom. The summed E-state index contributed by atoms with van der Waals surface area (Å²) in [6, 6.07) is 0. The molecule has 0 bridgehead atoms. The Labute approximate surface area is 90.4 Å². The van der Waals surface area contributed by atoms with Crippen LogP contribution in [-0.2, 0) is 14.3 Å². The maximum absolute atomic E-state index is 11.5. The summed E-state index contributed by atoms with van der Waals surface area (Å²) in [7, 11) is 0. The molecule has 1 spiro atoms. The molecule has 1 aliphatic carbocycles. The van der Waals surface area contributed by atoms with Crippen molar-refractivity contribution >= 4 is 5.78 Å². The normalized spacial score (nSPS) is 23.9. The number of ether oxygens (including phenoxy) is 2. The van der Waals surface area contributed by atoms with E-state index in [4.69, 9.17) is 9.47 Å². The molecular weight excluding hydrogens is 192 g/mol. The van der Waals surface area contributed by atoms with Gasteiger partial charge in [0.15, 0.2) is 5.78 Å². The average molecular weight is 210 g/mol. The molecule has 1 saturated heterocycles. The van der Waals surface area contributed by atoms with E-state index in [1.165, 1.54) is 0 Å². The molecule has 0 aromatic carbocycles. The zero-order chi connectivity index (χ0) is 10.9. The minimum atomic E-state index is 0.0676. The molecule has 1 heterocycles. The van der Waals surface area contributed by atoms with Crippen LogP contribution >= 0.6 is 0 Å². The first-order valence-corrected chi connectivity index (χ1v) is 5.54. The van der Waals surface area contributed by atoms with Gasteiger partial charge >= 0.3 is 0 Å². The maximum atomic E-state index is 11.5. The van der Waals surface area contributed by atoms with Crippen LogP contribution in [0.3, 0.4) is 0 Å². The highest BCUT2D eigenvalue weighted by atomic mass is 16.5. The van der Waals surface area contributed by atoms with Gasteiger partial charge in [-0.3, -0.25) is 4.79 Å². The third-order valence-electron chi connectivity index (χ3n) is 2.84. The number of hydrogen-bond acceptors (Lipinski definition) is 3. The maximum Gasteiger partial charge on any atom is 0.159 e. The highest BCUT2D eigenvalue weighted by molar-refractivity contribution is 5.91. The van der Waals surface area contributed by atoms with Gasteiger partial charge in [0.25, 0.3) is 0 Å². The van der Waals surface area contributed by atoms with Crippen molar-refractivity contribution in [1.82, 2.24) is 0 Å². The summed E-state index contributed by atoms with van der Waals surface area (Å²) >= 11 is 0. The van der Waals surface area contributed by atoms with Gasteiger partial charge in [-0.15, -0.1) is 0 Å². The van der Waals surface area contributed by atoms with Crippen molar-refractivity contribution in [3.63, 3.8) is 0 Å². The minimum absolute atomic E-state index is 0.0676. The summed E-state index contributed by atoms with van der Waals surface area (Å²) in [5.74, 6) is 1.53. The van der Waals surface area contributed by atoms with Gasteiger partial charge in [-0.2, -0.15) is 0 Å². The summed E-state index contributed by atoms with van der Waals surface area (Å²) < 4.78 is 10.8. The topological polar surface area (TPSA) is 35.5 Å². The summed E-state index contributed by atoms with van der Waals surface area (Å²) in [4.78, 5) is 11.5. The van der Waals surface area contributed by atoms with E-state index < -0.39 is 0 Å². The number of carbonyl (C=O) groups is 1. The highest BCUT2D eigenvalue weighted by Crippen LogP contribution is 2.41. The molecule has 1 aliphatic heterocycles. The van der Waals surface area contributed by atoms with Crippen molar-refractivity contribution in [2.45, 2.75) is 26.7 Å². The average Bonchev–Trinajstić information content (AvgIpc) is 2.11. The lowest BCUT2D eigenvalue weighted by Gasteiger charge is -2.43. The van der Waals surface area contributed by atoms with Crippen LogP contribution in [0.2, 0.25) is 0 Å². The van der Waals surface area contributed by atoms with Crippen LogP contribution in [0.1, 0.15) is 26.7 Å². The first-order valence-electron chi connectivity index (χ1n) is 5.54. The first-order chi connectivity index (χ1) is 7.10. The van der Waals surface area contributed by atoms with E-state index in [0.29, 0.717) is 32.2 Å². The SMILES string of the molecule is CC(C)COC1=CC(=O)CC2(COC2)C1. The molecule has 0 atom stereocenters. The van der Waals surface area contributed by atoms with Crippen LogP contribution in [0.15, 0.2) is 11.8 Å². The highest BCUT2D eigenvalue weighted by Gasteiger charge is 2.43. The molecule has 84 valence electrons. The lowest BCUT2D eigenvalue weighted by atomic mass is 9.74. The van der Waals surface area contributed by atoms with Gasteiger partial charge in [0.1, 0.15) is 5.76 Å². The van der Waals surface area contributed by atoms with Gasteiger partial charge in [-0.1, -0.05) is 13.8 Å². The largest absolute Gasteiger partial charge is 0.498 e. The Bertz CT molecular complexity index is 287. The van der Waals surface area contributed by atoms with Gasteiger partial charge in [0, 0.05) is 24.3 Å². The van der Waals surface area contributed by atoms with Crippen molar-refractivity contribution in [3.05, 3.63) is 11.8 Å². The molecule has 0 aromatic heterocycles. The van der Waals surface area contributed by atoms with Crippen LogP contribution in [0.25, 0.3) is 0 Å². The predicted molar refractivity (Wildman–Crippen MR) is 56.4 cm³/mol. The standard InChI is InChI=1S/C12H18O3/c1-9(2)6-15-11-3-10(13)4-12(5-11)7-14-8-12/h3,9H,4-8H2,1-2H3. The van der Waals surface area contributed by atoms with E-state index in [2.05, 4.69) is 13.8 Å². The van der Waals surface area contributed by atoms with E-state index in [0.717, 1.165) is 12.2 Å². The fourth-order valence-corrected chi connectivity index (χ4v) is 2.04. The number of allylic oxidation sites excluding steroid dienone is 2. The fraction of sp³-hybridized carbons (Fsp3) is 0.750. The molecule has 15 heavy (non-hydrogen) atoms. The smallest absolute Gasteiger partial charge is 0.159 e. The molecule has 0 saturated carbocycles. The molecular formula is C12H18O3. The summed E-state index contributed by atoms with van der Waals surface area (Å²) in [5, 5.41) is 0. The quantitative estimate of drug-likeness (QED) is 0.714. The Hall–Kier alpha value is -0.830. The minimum Gasteiger partial charge on any atom is -0.498 e. The number of hydrogen-bond donors (Lipinski definition) is 0. The van der Waals surface area contributed by atoms with Crippen molar-refractivity contribution in [2.75, 3.05) is 19.8 Å². The fourth-order valence-electron chi connectivity index (χ4n) is 2.04. The van der Waals surface area contributed by atoms with Gasteiger partial charge in [-0.05, 0) is 5.92 Å². The molecule has 3 nitrogen and oxygen atoms in total. The summed E-state index contributed by atoms with van der Waals surface area (Å²) in [6.45, 7) is 6.32. The van der Waals surface area contributed by atoms with Gasteiger partial charge < -0.3 is 9.47 Å². The molecule has 0 N–H and O–H groups in total. The van der Waals surface area contributed by atoms with E-state index in [9.17, 15) is 4.79 Å². The van der Waals surface area contributed by atoms with E-state index in [1.807, 2.05) is 0 Å². The lowest BCUT2D eigenvalue weighted by molar-refractivity contribution is -0.143. The van der Waals surface area contributed by atoms with Crippen LogP contribution < -0.4 is 0 Å². The molecule has 0 aromatic rings. The number of rotatable bonds is 3. The number of ketones is 1. The molecule has 2 rings (SSSR count). The molecule has 3 heteroatoms. The van der Waals surface area contributed by atoms with Crippen molar-refractivity contribution in [1.29, 1.82) is 0 Å². The molecule has 0 unspecified atom stereocenters. The van der Waals surface area contributed by atoms with E-state index in [-0.39, 0.29) is 11.2 Å². The van der Waals surface area contributed by atoms with Crippen molar-refractivity contribution in [3.8, 4) is 0 Å². The third-order valence-corrected chi connectivity index (χ3v) is 2.84. The Balaban J connectivity index is 1.96. The van der Waals surface area contributed by atoms with Gasteiger partial charge in [-0.25, -0.2) is 0 Å². The Kier molecular flexibility index (Phi) is 2.83. The predicted octanol–water partition coefficient (Wildman–Crippen LogP) is 1.92. The zero-order valence-electron chi connectivity index (χ0n) is 9.41. The summed E-state index contributed by atoms with van der Waals surface area (Å²) in [5.41, 5.74) is 0.0676. The van der Waals surface area contributed by atoms with E-state index in [1.54, 1.807) is 6.08 Å². The monoisotopic (exact) mass is 210 g/mol. The van der Waals surface area contributed by atoms with Gasteiger partial charge in [0.05, 0.1) is 19.8 Å². The second-order valence-corrected chi connectivity index (χ2v) is 5.13. The number of carbonyl (C=O) groups excluding carboxylic acids is 1. The second kappa shape index (κ2) is 3.97. The van der Waals surface area contributed by atoms with Crippen LogP contribution in [0.4, 0.5) is 0 Å². The Morgan fingerprint density at radius 1 is 1.47 bits per heavy atom. The third kappa shape index (κ3) is 2.40. The zero-order valence-corrected chi connectivity index (χ0v) is 9.41. The molecule has 0 amide bonds. The second-order valence-electron chi connectivity index (χ2n) is 5.13. The molecule has 2 aliphatic rings. The lowest BCUT2D eigenvalue weighted by Crippen LogP contribution is -2.46. The Morgan fingerprint density at radius 3 is 2.73 bits per heavy atom. The van der Waals surface area contributed by atoms with Gasteiger partial charge in [0.2, 0.25) is 0 Å². The van der Waals surface area contributed by atoms with Crippen LogP contribution in [0.5, 0.6) is 0 Å². The summed E-state index contributed by atoms with van der Waals surface area (Å²) in [6.07, 6.45) is 3.15. The van der Waals surface area contributed by atoms with Crippen molar-refractivity contribution < 1.29 is 14.3 Å². The van der Waals surface area contributed by atoms with E-state index >= 15 is 0 Å². The van der Waals surface area contributed by atoms with Crippen LogP contribution in [0, 0.1) is 11.3 Å². The molecule has 0 radical (unpaired) electrons. The van der Waals surface area contributed by atoms with Crippen molar-refractivity contribution in [2.24, 2.45) is 11.3 Å². The first kappa shape index (κ1) is 10.7. The molecule has 1 fully saturated rings.